The minimum Gasteiger partial charge on any atom is -0.449 e. The molecule has 0 saturated heterocycles. The van der Waals surface area contributed by atoms with Crippen molar-refractivity contribution >= 4 is 16.1 Å². The van der Waals surface area contributed by atoms with E-state index in [1.165, 1.54) is 18.5 Å². The van der Waals surface area contributed by atoms with Gasteiger partial charge in [-0.15, -0.1) is 0 Å². The summed E-state index contributed by atoms with van der Waals surface area (Å²) in [7, 11) is -4.18. The molecule has 3 N–H and O–H groups in total. The van der Waals surface area contributed by atoms with E-state index in [9.17, 15) is 23.4 Å². The monoisotopic (exact) mass is 577 g/mol. The van der Waals surface area contributed by atoms with Gasteiger partial charge >= 0.3 is 16.1 Å². The Bertz CT molecular complexity index is 1170. The summed E-state index contributed by atoms with van der Waals surface area (Å²) in [6, 6.07) is 1.49. The number of aliphatic hydroxyl groups is 2. The Kier molecular flexibility index (Phi) is 8.27. The van der Waals surface area contributed by atoms with Crippen molar-refractivity contribution in [1.82, 2.24) is 14.7 Å². The van der Waals surface area contributed by atoms with Crippen LogP contribution in [0, 0.1) is 52.3 Å². The second kappa shape index (κ2) is 11.1. The van der Waals surface area contributed by atoms with Crippen LogP contribution in [0.1, 0.15) is 85.5 Å². The van der Waals surface area contributed by atoms with Gasteiger partial charge in [0.2, 0.25) is 0 Å². The number of nitrogens with one attached hydrogen (secondary N) is 1. The van der Waals surface area contributed by atoms with E-state index in [0.29, 0.717) is 41.9 Å². The molecule has 0 bridgehead atoms. The van der Waals surface area contributed by atoms with Crippen LogP contribution in [0.25, 0.3) is 0 Å². The smallest absolute Gasteiger partial charge is 0.421 e. The van der Waals surface area contributed by atoms with Gasteiger partial charge in [-0.25, -0.2) is 19.5 Å². The van der Waals surface area contributed by atoms with Gasteiger partial charge in [-0.1, -0.05) is 34.1 Å². The first-order valence-electron chi connectivity index (χ1n) is 15.2. The van der Waals surface area contributed by atoms with Crippen molar-refractivity contribution in [3.63, 3.8) is 0 Å². The van der Waals surface area contributed by atoms with Gasteiger partial charge in [0, 0.05) is 12.4 Å². The van der Waals surface area contributed by atoms with E-state index in [1.54, 1.807) is 0 Å². The van der Waals surface area contributed by atoms with Crippen molar-refractivity contribution in [2.75, 3.05) is 6.61 Å². The summed E-state index contributed by atoms with van der Waals surface area (Å²) in [5.74, 6) is 2.64. The van der Waals surface area contributed by atoms with Gasteiger partial charge in [0.05, 0.1) is 18.8 Å². The Hall–Kier alpha value is -1.78. The molecule has 4 saturated carbocycles. The Balaban J connectivity index is 1.22. The minimum atomic E-state index is -4.18. The highest BCUT2D eigenvalue weighted by molar-refractivity contribution is 7.89. The molecule has 0 unspecified atom stereocenters. The number of hydrogen-bond donors (Lipinski definition) is 3. The molecule has 0 spiro atoms. The second-order valence-electron chi connectivity index (χ2n) is 13.7. The van der Waals surface area contributed by atoms with E-state index >= 15 is 0 Å². The van der Waals surface area contributed by atoms with E-state index in [4.69, 9.17) is 4.74 Å². The summed E-state index contributed by atoms with van der Waals surface area (Å²) in [6.07, 6.45) is 9.83. The van der Waals surface area contributed by atoms with Gasteiger partial charge in [0.1, 0.15) is 0 Å². The number of sulfonamides is 1. The number of carbonyl (C=O) groups excluding carboxylic acids is 1. The van der Waals surface area contributed by atoms with E-state index < -0.39 is 21.3 Å². The van der Waals surface area contributed by atoms with Crippen LogP contribution in [0.15, 0.2) is 23.6 Å². The quantitative estimate of drug-likeness (QED) is 0.402. The maximum Gasteiger partial charge on any atom is 0.421 e. The lowest BCUT2D eigenvalue weighted by molar-refractivity contribution is -0.203. The molecule has 0 aromatic carbocycles. The van der Waals surface area contributed by atoms with Gasteiger partial charge in [-0.3, -0.25) is 0 Å². The largest absolute Gasteiger partial charge is 0.449 e. The number of nitrogens with zero attached hydrogens (tertiary/aromatic N) is 2. The van der Waals surface area contributed by atoms with Crippen LogP contribution in [0.3, 0.4) is 0 Å². The van der Waals surface area contributed by atoms with Crippen LogP contribution in [-0.4, -0.2) is 53.5 Å². The molecule has 11 atom stereocenters. The number of rotatable bonds is 7. The van der Waals surface area contributed by atoms with E-state index in [2.05, 4.69) is 37.7 Å². The Morgan fingerprint density at radius 1 is 1.07 bits per heavy atom. The van der Waals surface area contributed by atoms with Gasteiger partial charge in [-0.05, 0) is 110 Å². The third-order valence-electron chi connectivity index (χ3n) is 12.0. The van der Waals surface area contributed by atoms with Crippen molar-refractivity contribution in [3.8, 4) is 0 Å². The zero-order valence-electron chi connectivity index (χ0n) is 24.3. The molecule has 40 heavy (non-hydrogen) atoms. The molecule has 0 radical (unpaired) electrons. The summed E-state index contributed by atoms with van der Waals surface area (Å²) < 4.78 is 31.7. The summed E-state index contributed by atoms with van der Waals surface area (Å²) in [4.78, 5) is 19.6. The molecule has 9 nitrogen and oxygen atoms in total. The van der Waals surface area contributed by atoms with Gasteiger partial charge in [0.25, 0.3) is 5.16 Å². The number of ether oxygens (including phenoxy) is 1. The lowest BCUT2D eigenvalue weighted by Crippen LogP contribution is -2.62. The predicted octanol–water partition coefficient (Wildman–Crippen LogP) is 4.54. The van der Waals surface area contributed by atoms with Crippen LogP contribution >= 0.6 is 0 Å². The average Bonchev–Trinajstić information content (AvgIpc) is 3.27. The highest BCUT2D eigenvalue weighted by Gasteiger charge is 2.64. The number of aromatic nitrogens is 2. The van der Waals surface area contributed by atoms with Gasteiger partial charge in [-0.2, -0.15) is 8.42 Å². The minimum absolute atomic E-state index is 0.119. The van der Waals surface area contributed by atoms with Crippen LogP contribution in [0.2, 0.25) is 0 Å². The molecule has 224 valence electrons. The lowest BCUT2D eigenvalue weighted by atomic mass is 9.41. The fourth-order valence-electron chi connectivity index (χ4n) is 10.1. The third kappa shape index (κ3) is 5.06. The zero-order valence-corrected chi connectivity index (χ0v) is 25.1. The molecule has 4 aliphatic carbocycles. The highest BCUT2D eigenvalue weighted by Crippen LogP contribution is 2.69. The van der Waals surface area contributed by atoms with Crippen molar-refractivity contribution in [2.45, 2.75) is 103 Å². The zero-order chi connectivity index (χ0) is 28.9. The summed E-state index contributed by atoms with van der Waals surface area (Å²) in [5, 5.41) is 21.9. The molecule has 5 rings (SSSR count). The summed E-state index contributed by atoms with van der Waals surface area (Å²) in [5.41, 5.74) is 0.300. The molecule has 4 aliphatic rings. The van der Waals surface area contributed by atoms with Crippen LogP contribution in [0.5, 0.6) is 0 Å². The Morgan fingerprint density at radius 3 is 2.45 bits per heavy atom. The molecule has 1 heterocycles. The van der Waals surface area contributed by atoms with Crippen LogP contribution in [-0.2, 0) is 14.8 Å². The lowest BCUT2D eigenvalue weighted by Gasteiger charge is -2.64. The molecule has 4 fully saturated rings. The third-order valence-corrected chi connectivity index (χ3v) is 13.1. The Morgan fingerprint density at radius 2 is 1.75 bits per heavy atom. The average molecular weight is 578 g/mol. The Labute approximate surface area is 239 Å². The topological polar surface area (TPSA) is 139 Å². The molecule has 0 aliphatic heterocycles. The number of hydrogen-bond acceptors (Lipinski definition) is 8. The molecule has 1 aromatic heterocycles. The summed E-state index contributed by atoms with van der Waals surface area (Å²) in [6.45, 7) is 9.43. The molecular formula is C30H47N3O6S. The van der Waals surface area contributed by atoms with E-state index in [-0.39, 0.29) is 35.6 Å². The van der Waals surface area contributed by atoms with Crippen LogP contribution in [0.4, 0.5) is 4.79 Å². The van der Waals surface area contributed by atoms with Crippen molar-refractivity contribution in [1.29, 1.82) is 0 Å². The fraction of sp³-hybridized carbons (Fsp3) is 0.833. The molecule has 10 heteroatoms. The number of fused-ring (bicyclic) bond motifs is 5. The van der Waals surface area contributed by atoms with Crippen molar-refractivity contribution in [3.05, 3.63) is 18.5 Å². The fourth-order valence-corrected chi connectivity index (χ4v) is 10.8. The van der Waals surface area contributed by atoms with Gasteiger partial charge in [0.15, 0.2) is 0 Å². The predicted molar refractivity (Wildman–Crippen MR) is 149 cm³/mol. The maximum absolute atomic E-state index is 12.3. The van der Waals surface area contributed by atoms with Crippen molar-refractivity contribution < 1.29 is 28.2 Å². The first kappa shape index (κ1) is 29.7. The SMILES string of the molecule is CC[C@H]1[C@@H](O)[C@@H]2[C@H](CC[C@]3(C)[C@@H]([C@H](C)CCOC(=O)NS(=O)(=O)c4ncccn4)CC[C@@H]23)[C@@]2(C)CC[C@@H](O)C[C@@H]12. The second-order valence-corrected chi connectivity index (χ2v) is 15.2. The number of amides is 1. The van der Waals surface area contributed by atoms with E-state index in [0.717, 1.165) is 51.4 Å². The van der Waals surface area contributed by atoms with Crippen LogP contribution < -0.4 is 4.72 Å². The first-order valence-corrected chi connectivity index (χ1v) is 16.7. The van der Waals surface area contributed by atoms with Crippen molar-refractivity contribution in [2.24, 2.45) is 52.3 Å². The molecule has 1 aromatic rings. The first-order chi connectivity index (χ1) is 18.9. The molecular weight excluding hydrogens is 530 g/mol. The standard InChI is InChI=1S/C30H47N3O6S/c1-5-20-24-17-19(34)9-12-30(24,4)23-10-13-29(3)21(7-8-22(29)25(23)26(20)35)18(2)11-16-39-28(36)33-40(37,38)27-31-14-6-15-32-27/h6,14-15,18-26,34-35H,5,7-13,16-17H2,1-4H3,(H,33,36)/t18-,19-,20-,21-,22+,23+,24+,25+,26-,29-,30-/m1/s1. The van der Waals surface area contributed by atoms with Gasteiger partial charge < -0.3 is 14.9 Å². The van der Waals surface area contributed by atoms with E-state index in [1.807, 2.05) is 4.72 Å². The molecule has 1 amide bonds. The summed E-state index contributed by atoms with van der Waals surface area (Å²) >= 11 is 0. The normalized spacial score (nSPS) is 41.8. The number of aliphatic hydroxyl groups excluding tert-OH is 2. The highest BCUT2D eigenvalue weighted by atomic mass is 32.2. The maximum atomic E-state index is 12.3. The number of carbonyl (C=O) groups is 1.